The van der Waals surface area contributed by atoms with E-state index in [1.165, 1.54) is 6.42 Å². The molecule has 90 valence electrons. The zero-order valence-corrected chi connectivity index (χ0v) is 10.4. The summed E-state index contributed by atoms with van der Waals surface area (Å²) in [4.78, 5) is 0. The summed E-state index contributed by atoms with van der Waals surface area (Å²) in [7, 11) is -2.79. The van der Waals surface area contributed by atoms with Crippen LogP contribution in [0.15, 0.2) is 0 Å². The van der Waals surface area contributed by atoms with E-state index in [1.807, 2.05) is 6.92 Å². The molecule has 2 N–H and O–H groups in total. The van der Waals surface area contributed by atoms with Gasteiger partial charge in [-0.2, -0.15) is 0 Å². The van der Waals surface area contributed by atoms with Gasteiger partial charge in [0, 0.05) is 11.8 Å². The van der Waals surface area contributed by atoms with Crippen LogP contribution >= 0.6 is 0 Å². The van der Waals surface area contributed by atoms with Gasteiger partial charge >= 0.3 is 0 Å². The molecule has 0 aromatic carbocycles. The van der Waals surface area contributed by atoms with E-state index in [1.54, 1.807) is 0 Å². The van der Waals surface area contributed by atoms with Crippen molar-refractivity contribution < 1.29 is 8.42 Å². The summed E-state index contributed by atoms with van der Waals surface area (Å²) >= 11 is 0. The van der Waals surface area contributed by atoms with Gasteiger partial charge in [-0.25, -0.2) is 8.42 Å². The molecule has 0 amide bonds. The van der Waals surface area contributed by atoms with Gasteiger partial charge < -0.3 is 5.73 Å². The first-order chi connectivity index (χ1) is 7.03. The fourth-order valence-electron chi connectivity index (χ4n) is 2.35. The first kappa shape index (κ1) is 13.0. The molecule has 0 radical (unpaired) electrons. The quantitative estimate of drug-likeness (QED) is 0.786. The minimum atomic E-state index is -2.79. The molecule has 1 aliphatic rings. The molecular formula is C11H23NO2S. The van der Waals surface area contributed by atoms with Crippen LogP contribution in [0.2, 0.25) is 0 Å². The molecule has 1 fully saturated rings. The number of hydrogen-bond acceptors (Lipinski definition) is 3. The second-order valence-corrected chi connectivity index (χ2v) is 7.04. The fraction of sp³-hybridized carbons (Fsp3) is 1.00. The zero-order valence-electron chi connectivity index (χ0n) is 9.61. The normalized spacial score (nSPS) is 27.9. The number of rotatable bonds is 5. The first-order valence-electron chi connectivity index (χ1n) is 5.99. The Hall–Kier alpha value is -0.0900. The highest BCUT2D eigenvalue weighted by Gasteiger charge is 2.21. The third kappa shape index (κ3) is 4.98. The van der Waals surface area contributed by atoms with Gasteiger partial charge in [-0.15, -0.1) is 0 Å². The largest absolute Gasteiger partial charge is 0.328 e. The Morgan fingerprint density at radius 2 is 2.00 bits per heavy atom. The molecule has 1 saturated carbocycles. The molecule has 2 unspecified atom stereocenters. The first-order valence-corrected chi connectivity index (χ1v) is 7.81. The van der Waals surface area contributed by atoms with E-state index in [9.17, 15) is 8.42 Å². The molecule has 3 nitrogen and oxygen atoms in total. The van der Waals surface area contributed by atoms with Crippen molar-refractivity contribution in [2.45, 2.75) is 51.5 Å². The third-order valence-corrected chi connectivity index (χ3v) is 5.06. The van der Waals surface area contributed by atoms with Gasteiger partial charge in [-0.1, -0.05) is 19.8 Å². The van der Waals surface area contributed by atoms with Gasteiger partial charge in [0.15, 0.2) is 0 Å². The van der Waals surface area contributed by atoms with E-state index in [4.69, 9.17) is 5.73 Å². The van der Waals surface area contributed by atoms with E-state index in [-0.39, 0.29) is 0 Å². The van der Waals surface area contributed by atoms with Crippen LogP contribution in [-0.4, -0.2) is 26.0 Å². The predicted octanol–water partition coefficient (Wildman–Crippen LogP) is 1.72. The number of nitrogens with two attached hydrogens (primary N) is 1. The molecule has 15 heavy (non-hydrogen) atoms. The molecule has 0 saturated heterocycles. The van der Waals surface area contributed by atoms with Crippen LogP contribution < -0.4 is 5.73 Å². The second kappa shape index (κ2) is 5.85. The predicted molar refractivity (Wildman–Crippen MR) is 63.5 cm³/mol. The van der Waals surface area contributed by atoms with E-state index in [0.717, 1.165) is 32.1 Å². The molecule has 0 bridgehead atoms. The van der Waals surface area contributed by atoms with Crippen molar-refractivity contribution in [2.75, 3.05) is 11.5 Å². The van der Waals surface area contributed by atoms with Gasteiger partial charge in [0.25, 0.3) is 0 Å². The molecule has 1 rings (SSSR count). The van der Waals surface area contributed by atoms with Crippen LogP contribution in [-0.2, 0) is 9.84 Å². The highest BCUT2D eigenvalue weighted by molar-refractivity contribution is 7.91. The van der Waals surface area contributed by atoms with Gasteiger partial charge in [-0.3, -0.25) is 0 Å². The summed E-state index contributed by atoms with van der Waals surface area (Å²) in [5.74, 6) is 1.24. The second-order valence-electron chi connectivity index (χ2n) is 4.73. The van der Waals surface area contributed by atoms with Crippen LogP contribution in [0.4, 0.5) is 0 Å². The lowest BCUT2D eigenvalue weighted by molar-refractivity contribution is 0.315. The van der Waals surface area contributed by atoms with Crippen LogP contribution in [0.1, 0.15) is 45.4 Å². The van der Waals surface area contributed by atoms with Crippen molar-refractivity contribution in [3.05, 3.63) is 0 Å². The summed E-state index contributed by atoms with van der Waals surface area (Å²) in [6, 6.07) is 0.303. The molecule has 2 atom stereocenters. The third-order valence-electron chi connectivity index (χ3n) is 3.18. The van der Waals surface area contributed by atoms with Gasteiger partial charge in [0.1, 0.15) is 9.84 Å². The van der Waals surface area contributed by atoms with Crippen molar-refractivity contribution >= 4 is 9.84 Å². The Bertz CT molecular complexity index is 274. The number of sulfone groups is 1. The van der Waals surface area contributed by atoms with E-state index >= 15 is 0 Å². The summed E-state index contributed by atoms with van der Waals surface area (Å²) in [5, 5.41) is 0. The maximum absolute atomic E-state index is 11.5. The highest BCUT2D eigenvalue weighted by atomic mass is 32.2. The Labute approximate surface area is 93.3 Å². The molecule has 0 aliphatic heterocycles. The lowest BCUT2D eigenvalue weighted by Crippen LogP contribution is -2.29. The topological polar surface area (TPSA) is 60.2 Å². The Morgan fingerprint density at radius 3 is 2.60 bits per heavy atom. The monoisotopic (exact) mass is 233 g/mol. The number of hydrogen-bond donors (Lipinski definition) is 1. The van der Waals surface area contributed by atoms with E-state index in [0.29, 0.717) is 23.5 Å². The highest BCUT2D eigenvalue weighted by Crippen LogP contribution is 2.26. The standard InChI is InChI=1S/C11H23NO2S/c1-2-7-15(13,14)8-6-10-4-3-5-11(12)9-10/h10-11H,2-9,12H2,1H3. The van der Waals surface area contributed by atoms with E-state index in [2.05, 4.69) is 0 Å². The molecule has 0 aromatic heterocycles. The summed E-state index contributed by atoms with van der Waals surface area (Å²) in [6.07, 6.45) is 6.00. The van der Waals surface area contributed by atoms with Crippen molar-refractivity contribution in [3.63, 3.8) is 0 Å². The summed E-state index contributed by atoms with van der Waals surface area (Å²) in [5.41, 5.74) is 5.87. The molecule has 0 heterocycles. The Kier molecular flexibility index (Phi) is 5.06. The smallest absolute Gasteiger partial charge is 0.150 e. The van der Waals surface area contributed by atoms with Crippen LogP contribution in [0.25, 0.3) is 0 Å². The van der Waals surface area contributed by atoms with Crippen molar-refractivity contribution in [1.82, 2.24) is 0 Å². The molecule has 0 spiro atoms. The maximum atomic E-state index is 11.5. The molecule has 4 heteroatoms. The average Bonchev–Trinajstić information content (AvgIpc) is 2.15. The maximum Gasteiger partial charge on any atom is 0.150 e. The lowest BCUT2D eigenvalue weighted by Gasteiger charge is -2.26. The minimum absolute atomic E-state index is 0.303. The van der Waals surface area contributed by atoms with Crippen LogP contribution in [0.3, 0.4) is 0 Å². The summed E-state index contributed by atoms with van der Waals surface area (Å²) < 4.78 is 23.0. The van der Waals surface area contributed by atoms with Gasteiger partial charge in [-0.05, 0) is 31.6 Å². The van der Waals surface area contributed by atoms with Crippen LogP contribution in [0, 0.1) is 5.92 Å². The molecular weight excluding hydrogens is 210 g/mol. The SMILES string of the molecule is CCCS(=O)(=O)CCC1CCCC(N)C1. The lowest BCUT2D eigenvalue weighted by atomic mass is 9.85. The van der Waals surface area contributed by atoms with Crippen molar-refractivity contribution in [2.24, 2.45) is 11.7 Å². The summed E-state index contributed by atoms with van der Waals surface area (Å²) in [6.45, 7) is 1.91. The fourth-order valence-corrected chi connectivity index (χ4v) is 3.87. The molecule has 0 aromatic rings. The van der Waals surface area contributed by atoms with Crippen molar-refractivity contribution in [1.29, 1.82) is 0 Å². The Morgan fingerprint density at radius 1 is 1.27 bits per heavy atom. The minimum Gasteiger partial charge on any atom is -0.328 e. The zero-order chi connectivity index (χ0) is 11.3. The van der Waals surface area contributed by atoms with Crippen LogP contribution in [0.5, 0.6) is 0 Å². The molecule has 1 aliphatic carbocycles. The van der Waals surface area contributed by atoms with Gasteiger partial charge in [0.2, 0.25) is 0 Å². The average molecular weight is 233 g/mol. The van der Waals surface area contributed by atoms with E-state index < -0.39 is 9.84 Å². The van der Waals surface area contributed by atoms with Gasteiger partial charge in [0.05, 0.1) is 5.75 Å². The van der Waals surface area contributed by atoms with Crippen molar-refractivity contribution in [3.8, 4) is 0 Å². The Balaban J connectivity index is 2.30.